The van der Waals surface area contributed by atoms with Crippen molar-refractivity contribution in [1.29, 1.82) is 0 Å². The summed E-state index contributed by atoms with van der Waals surface area (Å²) < 4.78 is 125. The molecule has 14 aromatic rings. The van der Waals surface area contributed by atoms with Crippen LogP contribution < -0.4 is 0 Å². The predicted molar refractivity (Wildman–Crippen MR) is 544 cm³/mol. The van der Waals surface area contributed by atoms with E-state index in [2.05, 4.69) is 0 Å². The van der Waals surface area contributed by atoms with Crippen molar-refractivity contribution in [1.82, 2.24) is 0 Å². The number of ether oxygens (including phenoxy) is 18. The van der Waals surface area contributed by atoms with E-state index in [-0.39, 0.29) is 90.4 Å². The van der Waals surface area contributed by atoms with E-state index in [1.165, 1.54) is 36.4 Å². The first-order valence-corrected chi connectivity index (χ1v) is 49.0. The summed E-state index contributed by atoms with van der Waals surface area (Å²) in [6, 6.07) is 116. The smallest absolute Gasteiger partial charge is 0.338 e. The molecule has 2 heterocycles. The molecule has 15 unspecified atom stereocenters. The number of carbonyl (C=O) groups excluding carboxylic acids is 8. The van der Waals surface area contributed by atoms with Crippen LogP contribution >= 0.6 is 0 Å². The zero-order valence-electron chi connectivity index (χ0n) is 81.3. The summed E-state index contributed by atoms with van der Waals surface area (Å²) in [5, 5.41) is 14.5. The van der Waals surface area contributed by atoms with Gasteiger partial charge in [0.05, 0.1) is 83.6 Å². The standard InChI is InChI=1S/C121H114O27/c1-131-119(130)108(148-118(129)95-63-36-13-37-64-95)102(72-98(142-116(127)93-59-32-11-33-60-93)79-138-112(123)89-51-24-7-25-52-89)145-120-106(133-74-83-42-16-3-17-43-83)99(105(132-73-82-40-14-2-15-41-82)103(146-120)80-139-113(124)90-53-26-8-27-54-90)68-69-100(143-117(128)94-61-34-12-35-62-94)101(71-97(141-115(126)92-57-30-10-31-58-92)78-137-111(122)88-49-22-6-23-50-88)144-121-110(136-76-85-46-20-5-21-47-85)109(135-77-86-66-67-87-48-38-39-65-96(87)70-86)107(134-75-84-44-18-4-19-45-84)104(147-121)81-140-114(125)91-55-28-9-29-56-91/h2-67,70,97-110,119-121,130H,68-69,71-81H2,1H3/t97-,98-,99?,100?,101?,102?,103?,104?,105?,106?,107?,108?,109?,110?,119?,120?,121?/m0/s1. The topological polar surface area (TPSA) is 323 Å². The minimum atomic E-state index is -2.10. The quantitative estimate of drug-likeness (QED) is 0.0210. The lowest BCUT2D eigenvalue weighted by Crippen LogP contribution is -2.63. The Balaban J connectivity index is 0.887. The van der Waals surface area contributed by atoms with Gasteiger partial charge in [0.1, 0.15) is 93.6 Å². The number of benzene rings is 14. The van der Waals surface area contributed by atoms with Crippen molar-refractivity contribution in [3.05, 3.63) is 479 Å². The van der Waals surface area contributed by atoms with Crippen LogP contribution in [-0.4, -0.2) is 185 Å². The number of aliphatic hydroxyl groups is 1. The summed E-state index contributed by atoms with van der Waals surface area (Å²) in [6.07, 6.45) is -27.5. The van der Waals surface area contributed by atoms with E-state index in [9.17, 15) is 29.1 Å². The number of methoxy groups -OCH3 is 1. The molecule has 148 heavy (non-hydrogen) atoms. The zero-order chi connectivity index (χ0) is 102. The Hall–Kier alpha value is -15.3. The van der Waals surface area contributed by atoms with Crippen LogP contribution in [0.3, 0.4) is 0 Å². The molecule has 0 spiro atoms. The summed E-state index contributed by atoms with van der Waals surface area (Å²) >= 11 is 0. The fraction of sp³-hybridized carbons (Fsp3) is 0.256. The maximum absolute atomic E-state index is 16.2. The molecule has 27 nitrogen and oxygen atoms in total. The lowest BCUT2D eigenvalue weighted by molar-refractivity contribution is -0.341. The maximum Gasteiger partial charge on any atom is 0.338 e. The van der Waals surface area contributed by atoms with Crippen LogP contribution in [0, 0.1) is 5.92 Å². The third kappa shape index (κ3) is 30.4. The molecular formula is C121H114O27. The Bertz CT molecular complexity index is 6480. The molecule has 1 N–H and O–H groups in total. The van der Waals surface area contributed by atoms with Crippen LogP contribution in [0.4, 0.5) is 0 Å². The molecule has 2 aliphatic heterocycles. The van der Waals surface area contributed by atoms with Crippen LogP contribution in [0.25, 0.3) is 10.8 Å². The van der Waals surface area contributed by atoms with Gasteiger partial charge in [0.15, 0.2) is 25.0 Å². The summed E-state index contributed by atoms with van der Waals surface area (Å²) in [7, 11) is 1.16. The molecule has 27 heteroatoms. The molecule has 2 saturated heterocycles. The number of esters is 8. The van der Waals surface area contributed by atoms with Gasteiger partial charge in [-0.2, -0.15) is 0 Å². The molecule has 0 aromatic heterocycles. The third-order valence-corrected chi connectivity index (χ3v) is 25.2. The number of rotatable bonds is 50. The Morgan fingerprint density at radius 2 is 0.574 bits per heavy atom. The van der Waals surface area contributed by atoms with Crippen molar-refractivity contribution in [2.45, 2.75) is 157 Å². The van der Waals surface area contributed by atoms with E-state index >= 15 is 14.4 Å². The molecule has 2 fully saturated rings. The van der Waals surface area contributed by atoms with Crippen LogP contribution in [0.1, 0.15) is 136 Å². The highest BCUT2D eigenvalue weighted by molar-refractivity contribution is 5.93. The van der Waals surface area contributed by atoms with Crippen molar-refractivity contribution < 1.29 is 129 Å². The molecule has 0 bridgehead atoms. The first-order valence-electron chi connectivity index (χ1n) is 49.0. The third-order valence-electron chi connectivity index (χ3n) is 25.2. The SMILES string of the molecule is COC(O)C(OC(=O)c1ccccc1)C(C[C@@H](COC(=O)c1ccccc1)OC(=O)c1ccccc1)OC1OC(COC(=O)c2ccccc2)C(OCc2ccccc2)C(CCC(OC(=O)c2ccccc2)C(C[C@@H](COC(=O)c2ccccc2)OC(=O)c2ccccc2)OC2OC(COC(=O)c3ccccc3)C(OCc3ccccc3)C(OCc3ccc4ccccc4c3)C2OCc2ccccc2)C1OCc1ccccc1. The van der Waals surface area contributed by atoms with Gasteiger partial charge in [0, 0.05) is 25.9 Å². The number of carbonyl (C=O) groups is 8. The fourth-order valence-corrected chi connectivity index (χ4v) is 17.5. The van der Waals surface area contributed by atoms with Gasteiger partial charge in [-0.3, -0.25) is 0 Å². The molecule has 17 atom stereocenters. The molecule has 0 saturated carbocycles. The minimum Gasteiger partial charge on any atom is -0.459 e. The van der Waals surface area contributed by atoms with Crippen LogP contribution in [0.2, 0.25) is 0 Å². The van der Waals surface area contributed by atoms with Gasteiger partial charge in [0.25, 0.3) is 0 Å². The largest absolute Gasteiger partial charge is 0.459 e. The Morgan fingerprint density at radius 1 is 0.277 bits per heavy atom. The van der Waals surface area contributed by atoms with E-state index in [1.54, 1.807) is 206 Å². The Morgan fingerprint density at radius 3 is 0.973 bits per heavy atom. The van der Waals surface area contributed by atoms with Crippen molar-refractivity contribution in [3.8, 4) is 0 Å². The lowest BCUT2D eigenvalue weighted by Gasteiger charge is -2.48. The van der Waals surface area contributed by atoms with Crippen LogP contribution in [0.5, 0.6) is 0 Å². The minimum absolute atomic E-state index is 0.0189. The highest BCUT2D eigenvalue weighted by Crippen LogP contribution is 2.42. The highest BCUT2D eigenvalue weighted by atomic mass is 16.8. The van der Waals surface area contributed by atoms with E-state index in [4.69, 9.17) is 85.3 Å². The fourth-order valence-electron chi connectivity index (χ4n) is 17.5. The Labute approximate surface area is 857 Å². The average molecular weight is 2000 g/mol. The summed E-state index contributed by atoms with van der Waals surface area (Å²) in [4.78, 5) is 120. The van der Waals surface area contributed by atoms with Gasteiger partial charge >= 0.3 is 47.8 Å². The number of hydrogen-bond acceptors (Lipinski definition) is 27. The van der Waals surface area contributed by atoms with Gasteiger partial charge in [-0.05, 0) is 155 Å². The van der Waals surface area contributed by atoms with Gasteiger partial charge in [-0.15, -0.1) is 0 Å². The maximum atomic E-state index is 16.2. The first-order chi connectivity index (χ1) is 72.6. The van der Waals surface area contributed by atoms with Gasteiger partial charge < -0.3 is 90.4 Å². The normalized spacial score (nSPS) is 18.9. The number of hydrogen-bond donors (Lipinski definition) is 1. The molecule has 0 aliphatic carbocycles. The zero-order valence-corrected chi connectivity index (χ0v) is 81.3. The summed E-state index contributed by atoms with van der Waals surface area (Å²) in [5.74, 6) is -8.06. The lowest BCUT2D eigenvalue weighted by atomic mass is 9.83. The Kier molecular flexibility index (Phi) is 39.0. The number of fused-ring (bicyclic) bond motifs is 1. The van der Waals surface area contributed by atoms with Gasteiger partial charge in [-0.25, -0.2) is 38.4 Å². The summed E-state index contributed by atoms with van der Waals surface area (Å²) in [5.41, 5.74) is 4.33. The predicted octanol–water partition coefficient (Wildman–Crippen LogP) is 19.8. The van der Waals surface area contributed by atoms with Crippen LogP contribution in [0.15, 0.2) is 406 Å². The second-order valence-corrected chi connectivity index (χ2v) is 35.5. The number of aliphatic hydroxyl groups excluding tert-OH is 1. The molecule has 0 radical (unpaired) electrons. The van der Waals surface area contributed by atoms with Crippen molar-refractivity contribution >= 4 is 58.5 Å². The summed E-state index contributed by atoms with van der Waals surface area (Å²) in [6.45, 7) is -3.20. The van der Waals surface area contributed by atoms with Gasteiger partial charge in [-0.1, -0.05) is 303 Å². The van der Waals surface area contributed by atoms with E-state index < -0.39 is 191 Å². The van der Waals surface area contributed by atoms with Crippen molar-refractivity contribution in [2.24, 2.45) is 5.92 Å². The molecule has 14 aromatic carbocycles. The average Bonchev–Trinajstić information content (AvgIpc) is 0.769. The molecule has 2 aliphatic rings. The highest BCUT2D eigenvalue weighted by Gasteiger charge is 2.54. The second-order valence-electron chi connectivity index (χ2n) is 35.5. The van der Waals surface area contributed by atoms with E-state index in [1.807, 2.05) is 164 Å². The molecule has 16 rings (SSSR count). The monoisotopic (exact) mass is 2000 g/mol. The molecule has 760 valence electrons. The first kappa shape index (κ1) is 105. The van der Waals surface area contributed by atoms with Gasteiger partial charge in [0.2, 0.25) is 0 Å². The second kappa shape index (κ2) is 54.7. The molecular weight excluding hydrogens is 1890 g/mol. The van der Waals surface area contributed by atoms with Crippen molar-refractivity contribution in [2.75, 3.05) is 33.5 Å². The van der Waals surface area contributed by atoms with Crippen molar-refractivity contribution in [3.63, 3.8) is 0 Å². The van der Waals surface area contributed by atoms with Crippen LogP contribution in [-0.2, 0) is 118 Å². The molecule has 0 amide bonds. The van der Waals surface area contributed by atoms with E-state index in [0.29, 0.717) is 16.7 Å². The van der Waals surface area contributed by atoms with E-state index in [0.717, 1.165) is 29.0 Å².